The number of rotatable bonds is 4. The van der Waals surface area contributed by atoms with Crippen molar-refractivity contribution in [1.29, 1.82) is 0 Å². The Morgan fingerprint density at radius 1 is 1.28 bits per heavy atom. The standard InChI is InChI=1S/C18H22N2O3S2/c1-13-7-8-16(14(2)11-13)19-18(21)15-5-3-9-20(12-15)25(22,23)17-6-4-10-24-17/h4,6-8,10-11,15H,3,5,9,12H2,1-2H3,(H,19,21)/t15-/m0/s1. The number of carbonyl (C=O) groups is 1. The maximum Gasteiger partial charge on any atom is 0.252 e. The number of benzene rings is 1. The summed E-state index contributed by atoms with van der Waals surface area (Å²) in [7, 11) is -3.50. The van der Waals surface area contributed by atoms with Crippen LogP contribution in [-0.4, -0.2) is 31.7 Å². The highest BCUT2D eigenvalue weighted by molar-refractivity contribution is 7.91. The van der Waals surface area contributed by atoms with Crippen LogP contribution in [0.1, 0.15) is 24.0 Å². The third-order valence-corrected chi connectivity index (χ3v) is 7.72. The molecule has 0 spiro atoms. The minimum atomic E-state index is -3.50. The normalized spacial score (nSPS) is 18.9. The number of sulfonamides is 1. The number of nitrogens with zero attached hydrogens (tertiary/aromatic N) is 1. The fourth-order valence-corrected chi connectivity index (χ4v) is 5.77. The smallest absolute Gasteiger partial charge is 0.252 e. The van der Waals surface area contributed by atoms with E-state index < -0.39 is 10.0 Å². The maximum absolute atomic E-state index is 12.7. The van der Waals surface area contributed by atoms with Crippen molar-refractivity contribution in [2.45, 2.75) is 30.9 Å². The number of anilines is 1. The molecule has 0 radical (unpaired) electrons. The summed E-state index contributed by atoms with van der Waals surface area (Å²) >= 11 is 1.21. The Bertz CT molecular complexity index is 860. The van der Waals surface area contributed by atoms with Gasteiger partial charge in [-0.05, 0) is 49.8 Å². The predicted molar refractivity (Wildman–Crippen MR) is 100 cm³/mol. The van der Waals surface area contributed by atoms with E-state index in [1.807, 2.05) is 32.0 Å². The molecule has 25 heavy (non-hydrogen) atoms. The molecule has 0 saturated carbocycles. The Morgan fingerprint density at radius 3 is 2.76 bits per heavy atom. The molecule has 1 saturated heterocycles. The van der Waals surface area contributed by atoms with Gasteiger partial charge in [0.05, 0.1) is 5.92 Å². The van der Waals surface area contributed by atoms with Crippen LogP contribution < -0.4 is 5.32 Å². The van der Waals surface area contributed by atoms with Crippen LogP contribution in [0.5, 0.6) is 0 Å². The summed E-state index contributed by atoms with van der Waals surface area (Å²) in [5, 5.41) is 4.71. The molecule has 0 aliphatic carbocycles. The van der Waals surface area contributed by atoms with Gasteiger partial charge in [0.15, 0.2) is 0 Å². The summed E-state index contributed by atoms with van der Waals surface area (Å²) < 4.78 is 27.1. The quantitative estimate of drug-likeness (QED) is 0.887. The van der Waals surface area contributed by atoms with Crippen molar-refractivity contribution in [2.24, 2.45) is 5.92 Å². The third-order valence-electron chi connectivity index (χ3n) is 4.48. The first-order valence-electron chi connectivity index (χ1n) is 8.29. The van der Waals surface area contributed by atoms with E-state index >= 15 is 0 Å². The van der Waals surface area contributed by atoms with Crippen LogP contribution >= 0.6 is 11.3 Å². The summed E-state index contributed by atoms with van der Waals surface area (Å²) in [6.07, 6.45) is 1.39. The number of piperidine rings is 1. The van der Waals surface area contributed by atoms with E-state index in [4.69, 9.17) is 0 Å². The molecule has 1 amide bonds. The molecule has 1 atom stereocenters. The number of thiophene rings is 1. The topological polar surface area (TPSA) is 66.5 Å². The highest BCUT2D eigenvalue weighted by Crippen LogP contribution is 2.27. The Kier molecular flexibility index (Phi) is 5.27. The number of hydrogen-bond donors (Lipinski definition) is 1. The van der Waals surface area contributed by atoms with Crippen LogP contribution in [0, 0.1) is 19.8 Å². The van der Waals surface area contributed by atoms with Crippen LogP contribution in [0.25, 0.3) is 0 Å². The van der Waals surface area contributed by atoms with E-state index in [9.17, 15) is 13.2 Å². The Labute approximate surface area is 152 Å². The van der Waals surface area contributed by atoms with E-state index in [-0.39, 0.29) is 18.4 Å². The molecule has 1 aliphatic rings. The van der Waals surface area contributed by atoms with Crippen LogP contribution in [0.3, 0.4) is 0 Å². The second-order valence-corrected chi connectivity index (χ2v) is 9.55. The summed E-state index contributed by atoms with van der Waals surface area (Å²) in [6.45, 7) is 4.66. The largest absolute Gasteiger partial charge is 0.326 e. The van der Waals surface area contributed by atoms with Crippen molar-refractivity contribution in [3.05, 3.63) is 46.8 Å². The fraction of sp³-hybridized carbons (Fsp3) is 0.389. The molecule has 134 valence electrons. The number of aryl methyl sites for hydroxylation is 2. The van der Waals surface area contributed by atoms with Crippen molar-refractivity contribution >= 4 is 33.0 Å². The summed E-state index contributed by atoms with van der Waals surface area (Å²) in [5.41, 5.74) is 2.93. The highest BCUT2D eigenvalue weighted by Gasteiger charge is 2.33. The lowest BCUT2D eigenvalue weighted by atomic mass is 9.98. The lowest BCUT2D eigenvalue weighted by Gasteiger charge is -2.30. The van der Waals surface area contributed by atoms with Crippen molar-refractivity contribution in [3.8, 4) is 0 Å². The van der Waals surface area contributed by atoms with Gasteiger partial charge in [0.2, 0.25) is 5.91 Å². The highest BCUT2D eigenvalue weighted by atomic mass is 32.2. The van der Waals surface area contributed by atoms with Crippen molar-refractivity contribution in [2.75, 3.05) is 18.4 Å². The van der Waals surface area contributed by atoms with E-state index in [1.165, 1.54) is 15.6 Å². The molecule has 7 heteroatoms. The molecule has 1 fully saturated rings. The number of nitrogens with one attached hydrogen (secondary N) is 1. The van der Waals surface area contributed by atoms with Gasteiger partial charge >= 0.3 is 0 Å². The van der Waals surface area contributed by atoms with Crippen molar-refractivity contribution in [1.82, 2.24) is 4.31 Å². The Hall–Kier alpha value is -1.70. The molecule has 0 bridgehead atoms. The van der Waals surface area contributed by atoms with Gasteiger partial charge in [0.25, 0.3) is 10.0 Å². The van der Waals surface area contributed by atoms with Crippen molar-refractivity contribution < 1.29 is 13.2 Å². The zero-order valence-corrected chi connectivity index (χ0v) is 16.0. The summed E-state index contributed by atoms with van der Waals surface area (Å²) in [6, 6.07) is 9.21. The molecular formula is C18H22N2O3S2. The van der Waals surface area contributed by atoms with Gasteiger partial charge in [-0.2, -0.15) is 4.31 Å². The lowest BCUT2D eigenvalue weighted by Crippen LogP contribution is -2.43. The molecule has 5 nitrogen and oxygen atoms in total. The Balaban J connectivity index is 1.72. The zero-order chi connectivity index (χ0) is 18.0. The molecule has 1 aliphatic heterocycles. The van der Waals surface area contributed by atoms with Crippen molar-refractivity contribution in [3.63, 3.8) is 0 Å². The van der Waals surface area contributed by atoms with E-state index in [2.05, 4.69) is 5.32 Å². The molecule has 3 rings (SSSR count). The SMILES string of the molecule is Cc1ccc(NC(=O)[C@H]2CCCN(S(=O)(=O)c3cccs3)C2)c(C)c1. The number of amides is 1. The minimum Gasteiger partial charge on any atom is -0.326 e. The lowest BCUT2D eigenvalue weighted by molar-refractivity contribution is -0.120. The van der Waals surface area contributed by atoms with Gasteiger partial charge in [-0.3, -0.25) is 4.79 Å². The first kappa shape index (κ1) is 18.1. The number of carbonyl (C=O) groups excluding carboxylic acids is 1. The van der Waals surface area contributed by atoms with Crippen LogP contribution in [-0.2, 0) is 14.8 Å². The first-order chi connectivity index (χ1) is 11.9. The van der Waals surface area contributed by atoms with Crippen LogP contribution in [0.15, 0.2) is 39.9 Å². The third kappa shape index (κ3) is 3.94. The zero-order valence-electron chi connectivity index (χ0n) is 14.4. The Morgan fingerprint density at radius 2 is 2.08 bits per heavy atom. The molecule has 0 unspecified atom stereocenters. The fourth-order valence-electron chi connectivity index (χ4n) is 3.10. The van der Waals surface area contributed by atoms with Crippen LogP contribution in [0.4, 0.5) is 5.69 Å². The maximum atomic E-state index is 12.7. The van der Waals surface area contributed by atoms with E-state index in [0.29, 0.717) is 23.6 Å². The average Bonchev–Trinajstić information content (AvgIpc) is 3.13. The van der Waals surface area contributed by atoms with Gasteiger partial charge in [-0.15, -0.1) is 11.3 Å². The average molecular weight is 379 g/mol. The van der Waals surface area contributed by atoms with Gasteiger partial charge in [0.1, 0.15) is 4.21 Å². The van der Waals surface area contributed by atoms with Crippen LogP contribution in [0.2, 0.25) is 0 Å². The molecule has 1 N–H and O–H groups in total. The minimum absolute atomic E-state index is 0.113. The van der Waals surface area contributed by atoms with Gasteiger partial charge < -0.3 is 5.32 Å². The first-order valence-corrected chi connectivity index (χ1v) is 10.6. The van der Waals surface area contributed by atoms with E-state index in [1.54, 1.807) is 17.5 Å². The van der Waals surface area contributed by atoms with Gasteiger partial charge in [0, 0.05) is 18.8 Å². The summed E-state index contributed by atoms with van der Waals surface area (Å²) in [4.78, 5) is 12.6. The molecular weight excluding hydrogens is 356 g/mol. The monoisotopic (exact) mass is 378 g/mol. The van der Waals surface area contributed by atoms with Gasteiger partial charge in [-0.25, -0.2) is 8.42 Å². The predicted octanol–water partition coefficient (Wildman–Crippen LogP) is 3.40. The number of hydrogen-bond acceptors (Lipinski definition) is 4. The molecule has 2 heterocycles. The second kappa shape index (κ2) is 7.27. The molecule has 1 aromatic carbocycles. The summed E-state index contributed by atoms with van der Waals surface area (Å²) in [5.74, 6) is -0.442. The second-order valence-electron chi connectivity index (χ2n) is 6.44. The van der Waals surface area contributed by atoms with E-state index in [0.717, 1.165) is 16.8 Å². The molecule has 2 aromatic rings. The van der Waals surface area contributed by atoms with Gasteiger partial charge in [-0.1, -0.05) is 23.8 Å². The molecule has 1 aromatic heterocycles.